The number of nitrogens with zero attached hydrogens (tertiary/aromatic N) is 3. The van der Waals surface area contributed by atoms with Gasteiger partial charge in [-0.3, -0.25) is 9.69 Å². The van der Waals surface area contributed by atoms with E-state index in [0.29, 0.717) is 18.3 Å². The van der Waals surface area contributed by atoms with Crippen molar-refractivity contribution in [2.75, 3.05) is 24.5 Å². The van der Waals surface area contributed by atoms with E-state index >= 15 is 0 Å². The second-order valence-corrected chi connectivity index (χ2v) is 6.89. The molecule has 1 saturated heterocycles. The van der Waals surface area contributed by atoms with Crippen LogP contribution < -0.4 is 10.2 Å². The highest BCUT2D eigenvalue weighted by Gasteiger charge is 2.29. The van der Waals surface area contributed by atoms with Gasteiger partial charge in [-0.25, -0.2) is 9.97 Å². The van der Waals surface area contributed by atoms with Gasteiger partial charge in [0.1, 0.15) is 11.6 Å². The number of carbonyl (C=O) groups excluding carboxylic acids is 1. The van der Waals surface area contributed by atoms with E-state index in [0.717, 1.165) is 61.8 Å². The Morgan fingerprint density at radius 2 is 2.14 bits per heavy atom. The Labute approximate surface area is 132 Å². The van der Waals surface area contributed by atoms with Gasteiger partial charge in [-0.15, -0.1) is 0 Å². The van der Waals surface area contributed by atoms with Crippen molar-refractivity contribution in [3.05, 3.63) is 17.1 Å². The first-order chi connectivity index (χ1) is 10.6. The highest BCUT2D eigenvalue weighted by atomic mass is 16.2. The van der Waals surface area contributed by atoms with Crippen molar-refractivity contribution in [1.82, 2.24) is 15.3 Å². The van der Waals surface area contributed by atoms with Gasteiger partial charge < -0.3 is 5.32 Å². The predicted octanol–water partition coefficient (Wildman–Crippen LogP) is 2.19. The minimum absolute atomic E-state index is 0.210. The van der Waals surface area contributed by atoms with Crippen LogP contribution >= 0.6 is 0 Å². The number of rotatable bonds is 4. The van der Waals surface area contributed by atoms with Crippen LogP contribution in [0.5, 0.6) is 0 Å². The SMILES string of the molecule is Cc1nc(C2CCNC2)nc2c1CCC(=O)N2CCC(C)C. The molecule has 0 aromatic carbocycles. The highest BCUT2D eigenvalue weighted by Crippen LogP contribution is 2.31. The predicted molar refractivity (Wildman–Crippen MR) is 87.1 cm³/mol. The summed E-state index contributed by atoms with van der Waals surface area (Å²) < 4.78 is 0. The van der Waals surface area contributed by atoms with E-state index in [1.165, 1.54) is 0 Å². The molecule has 1 aromatic rings. The zero-order chi connectivity index (χ0) is 15.7. The number of aromatic nitrogens is 2. The monoisotopic (exact) mass is 302 g/mol. The van der Waals surface area contributed by atoms with Crippen LogP contribution in [-0.4, -0.2) is 35.5 Å². The van der Waals surface area contributed by atoms with Crippen LogP contribution in [0.4, 0.5) is 5.82 Å². The van der Waals surface area contributed by atoms with Crippen molar-refractivity contribution in [3.8, 4) is 0 Å². The number of hydrogen-bond acceptors (Lipinski definition) is 4. The summed E-state index contributed by atoms with van der Waals surface area (Å²) in [6.07, 6.45) is 3.45. The normalized spacial score (nSPS) is 21.5. The van der Waals surface area contributed by atoms with Gasteiger partial charge in [0.05, 0.1) is 0 Å². The van der Waals surface area contributed by atoms with Gasteiger partial charge in [-0.1, -0.05) is 13.8 Å². The summed E-state index contributed by atoms with van der Waals surface area (Å²) >= 11 is 0. The number of carbonyl (C=O) groups is 1. The summed E-state index contributed by atoms with van der Waals surface area (Å²) in [4.78, 5) is 23.8. The molecule has 1 unspecified atom stereocenters. The van der Waals surface area contributed by atoms with E-state index in [2.05, 4.69) is 26.1 Å². The summed E-state index contributed by atoms with van der Waals surface area (Å²) in [5.74, 6) is 2.96. The van der Waals surface area contributed by atoms with E-state index in [-0.39, 0.29) is 5.91 Å². The lowest BCUT2D eigenvalue weighted by atomic mass is 10.0. The van der Waals surface area contributed by atoms with Crippen LogP contribution in [-0.2, 0) is 11.2 Å². The maximum Gasteiger partial charge on any atom is 0.228 e. The lowest BCUT2D eigenvalue weighted by molar-refractivity contribution is -0.119. The van der Waals surface area contributed by atoms with E-state index in [1.54, 1.807) is 0 Å². The lowest BCUT2D eigenvalue weighted by Crippen LogP contribution is -2.38. The van der Waals surface area contributed by atoms with Gasteiger partial charge in [-0.2, -0.15) is 0 Å². The topological polar surface area (TPSA) is 58.1 Å². The quantitative estimate of drug-likeness (QED) is 0.926. The summed E-state index contributed by atoms with van der Waals surface area (Å²) in [5, 5.41) is 3.37. The fourth-order valence-electron chi connectivity index (χ4n) is 3.28. The van der Waals surface area contributed by atoms with Crippen molar-refractivity contribution in [2.45, 2.75) is 52.4 Å². The number of nitrogens with one attached hydrogen (secondary N) is 1. The summed E-state index contributed by atoms with van der Waals surface area (Å²) in [5.41, 5.74) is 2.21. The molecular formula is C17H26N4O. The third-order valence-electron chi connectivity index (χ3n) is 4.71. The number of anilines is 1. The number of amides is 1. The van der Waals surface area contributed by atoms with Gasteiger partial charge in [0.15, 0.2) is 0 Å². The van der Waals surface area contributed by atoms with Crippen LogP contribution in [0.2, 0.25) is 0 Å². The summed E-state index contributed by atoms with van der Waals surface area (Å²) in [7, 11) is 0. The average Bonchev–Trinajstić information content (AvgIpc) is 2.99. The van der Waals surface area contributed by atoms with E-state index in [9.17, 15) is 4.79 Å². The Morgan fingerprint density at radius 1 is 1.32 bits per heavy atom. The average molecular weight is 302 g/mol. The van der Waals surface area contributed by atoms with Crippen LogP contribution in [0.1, 0.15) is 56.1 Å². The minimum Gasteiger partial charge on any atom is -0.316 e. The molecule has 1 N–H and O–H groups in total. The summed E-state index contributed by atoms with van der Waals surface area (Å²) in [6.45, 7) is 9.18. The molecule has 1 amide bonds. The third-order valence-corrected chi connectivity index (χ3v) is 4.71. The van der Waals surface area contributed by atoms with Crippen molar-refractivity contribution >= 4 is 11.7 Å². The molecule has 1 aromatic heterocycles. The first kappa shape index (κ1) is 15.4. The molecule has 5 nitrogen and oxygen atoms in total. The molecule has 3 rings (SSSR count). The Bertz CT molecular complexity index is 564. The lowest BCUT2D eigenvalue weighted by Gasteiger charge is -2.30. The number of fused-ring (bicyclic) bond motifs is 1. The van der Waals surface area contributed by atoms with Gasteiger partial charge in [0.25, 0.3) is 0 Å². The van der Waals surface area contributed by atoms with Crippen molar-refractivity contribution in [2.24, 2.45) is 5.92 Å². The standard InChI is InChI=1S/C17H26N4O/c1-11(2)7-9-21-15(22)5-4-14-12(3)19-16(20-17(14)21)13-6-8-18-10-13/h11,13,18H,4-10H2,1-3H3. The van der Waals surface area contributed by atoms with Gasteiger partial charge in [-0.05, 0) is 38.6 Å². The molecular weight excluding hydrogens is 276 g/mol. The summed E-state index contributed by atoms with van der Waals surface area (Å²) in [6, 6.07) is 0. The molecule has 0 radical (unpaired) electrons. The fourth-order valence-corrected chi connectivity index (χ4v) is 3.28. The van der Waals surface area contributed by atoms with Crippen LogP contribution in [0, 0.1) is 12.8 Å². The Balaban J connectivity index is 1.94. The molecule has 0 saturated carbocycles. The van der Waals surface area contributed by atoms with Gasteiger partial charge in [0.2, 0.25) is 5.91 Å². The zero-order valence-corrected chi connectivity index (χ0v) is 13.9. The maximum absolute atomic E-state index is 12.4. The van der Waals surface area contributed by atoms with Gasteiger partial charge in [0, 0.05) is 36.7 Å². The van der Waals surface area contributed by atoms with E-state index in [4.69, 9.17) is 9.97 Å². The largest absolute Gasteiger partial charge is 0.316 e. The number of aryl methyl sites for hydroxylation is 1. The zero-order valence-electron chi connectivity index (χ0n) is 13.9. The van der Waals surface area contributed by atoms with E-state index < -0.39 is 0 Å². The third kappa shape index (κ3) is 3.00. The molecule has 1 atom stereocenters. The second kappa shape index (κ2) is 6.32. The first-order valence-electron chi connectivity index (χ1n) is 8.44. The molecule has 1 fully saturated rings. The second-order valence-electron chi connectivity index (χ2n) is 6.89. The Morgan fingerprint density at radius 3 is 2.82 bits per heavy atom. The number of hydrogen-bond donors (Lipinski definition) is 1. The molecule has 22 heavy (non-hydrogen) atoms. The minimum atomic E-state index is 0.210. The first-order valence-corrected chi connectivity index (χ1v) is 8.44. The molecule has 2 aliphatic heterocycles. The van der Waals surface area contributed by atoms with Crippen LogP contribution in [0.3, 0.4) is 0 Å². The molecule has 3 heterocycles. The Hall–Kier alpha value is -1.49. The van der Waals surface area contributed by atoms with Crippen molar-refractivity contribution < 1.29 is 4.79 Å². The van der Waals surface area contributed by atoms with Gasteiger partial charge >= 0.3 is 0 Å². The highest BCUT2D eigenvalue weighted by molar-refractivity contribution is 5.95. The van der Waals surface area contributed by atoms with E-state index in [1.807, 2.05) is 4.90 Å². The van der Waals surface area contributed by atoms with Crippen LogP contribution in [0.25, 0.3) is 0 Å². The smallest absolute Gasteiger partial charge is 0.228 e. The van der Waals surface area contributed by atoms with Crippen molar-refractivity contribution in [1.29, 1.82) is 0 Å². The van der Waals surface area contributed by atoms with Crippen molar-refractivity contribution in [3.63, 3.8) is 0 Å². The molecule has 120 valence electrons. The van der Waals surface area contributed by atoms with Crippen LogP contribution in [0.15, 0.2) is 0 Å². The molecule has 0 bridgehead atoms. The fraction of sp³-hybridized carbons (Fsp3) is 0.706. The molecule has 0 spiro atoms. The maximum atomic E-state index is 12.4. The molecule has 2 aliphatic rings. The molecule has 5 heteroatoms. The molecule has 0 aliphatic carbocycles. The Kier molecular flexibility index (Phi) is 4.43.